The summed E-state index contributed by atoms with van der Waals surface area (Å²) in [5, 5.41) is 4.00. The van der Waals surface area contributed by atoms with E-state index in [1.807, 2.05) is 13.0 Å². The van der Waals surface area contributed by atoms with E-state index in [1.165, 1.54) is 7.11 Å². The van der Waals surface area contributed by atoms with Gasteiger partial charge in [0.15, 0.2) is 11.5 Å². The molecule has 0 aliphatic heterocycles. The van der Waals surface area contributed by atoms with E-state index in [0.29, 0.717) is 34.6 Å². The molecule has 0 spiro atoms. The Morgan fingerprint density at radius 3 is 2.68 bits per heavy atom. The molecule has 6 heteroatoms. The monoisotopic (exact) mass is 338 g/mol. The van der Waals surface area contributed by atoms with E-state index >= 15 is 0 Å². The van der Waals surface area contributed by atoms with Crippen LogP contribution in [0.25, 0.3) is 10.8 Å². The third kappa shape index (κ3) is 3.47. The van der Waals surface area contributed by atoms with Gasteiger partial charge < -0.3 is 19.8 Å². The Hall–Kier alpha value is -3.28. The molecule has 1 heterocycles. The first-order chi connectivity index (χ1) is 12.1. The number of pyridine rings is 1. The Morgan fingerprint density at radius 2 is 1.92 bits per heavy atom. The number of hydrogen-bond acceptors (Lipinski definition) is 4. The highest BCUT2D eigenvalue weighted by molar-refractivity contribution is 6.04. The zero-order valence-corrected chi connectivity index (χ0v) is 14.0. The van der Waals surface area contributed by atoms with Crippen molar-refractivity contribution in [2.24, 2.45) is 0 Å². The summed E-state index contributed by atoms with van der Waals surface area (Å²) in [7, 11) is 1.53. The maximum absolute atomic E-state index is 12.5. The number of rotatable bonds is 5. The highest BCUT2D eigenvalue weighted by Gasteiger charge is 2.12. The molecule has 0 unspecified atom stereocenters. The van der Waals surface area contributed by atoms with Crippen LogP contribution in [-0.4, -0.2) is 24.6 Å². The topological polar surface area (TPSA) is 80.4 Å². The van der Waals surface area contributed by atoms with Crippen molar-refractivity contribution in [3.63, 3.8) is 0 Å². The standard InChI is InChI=1S/C19H18N2O4/c1-3-25-16-9-8-13(11-17(16)24-2)20-19(23)15-10-12-6-4-5-7-14(12)18(22)21-15/h4-11H,3H2,1-2H3,(H,20,23)(H,21,22). The highest BCUT2D eigenvalue weighted by atomic mass is 16.5. The van der Waals surface area contributed by atoms with E-state index in [0.717, 1.165) is 0 Å². The zero-order chi connectivity index (χ0) is 17.8. The number of ether oxygens (including phenoxy) is 2. The van der Waals surface area contributed by atoms with Crippen LogP contribution in [0.5, 0.6) is 11.5 Å². The summed E-state index contributed by atoms with van der Waals surface area (Å²) in [6.45, 7) is 2.39. The van der Waals surface area contributed by atoms with Gasteiger partial charge in [0.05, 0.1) is 13.7 Å². The minimum atomic E-state index is -0.408. The smallest absolute Gasteiger partial charge is 0.272 e. The van der Waals surface area contributed by atoms with E-state index in [1.54, 1.807) is 42.5 Å². The predicted octanol–water partition coefficient (Wildman–Crippen LogP) is 3.19. The Labute approximate surface area is 144 Å². The molecule has 0 bridgehead atoms. The summed E-state index contributed by atoms with van der Waals surface area (Å²) >= 11 is 0. The molecule has 2 N–H and O–H groups in total. The first-order valence-electron chi connectivity index (χ1n) is 7.86. The molecule has 0 saturated carbocycles. The van der Waals surface area contributed by atoms with Crippen LogP contribution in [-0.2, 0) is 0 Å². The zero-order valence-electron chi connectivity index (χ0n) is 14.0. The van der Waals surface area contributed by atoms with Crippen LogP contribution in [0.15, 0.2) is 53.3 Å². The molecule has 3 aromatic rings. The third-order valence-corrected chi connectivity index (χ3v) is 3.72. The number of nitrogens with one attached hydrogen (secondary N) is 2. The van der Waals surface area contributed by atoms with Crippen LogP contribution in [0.1, 0.15) is 17.4 Å². The van der Waals surface area contributed by atoms with Crippen LogP contribution in [0.2, 0.25) is 0 Å². The number of H-pyrrole nitrogens is 1. The fourth-order valence-electron chi connectivity index (χ4n) is 2.55. The molecule has 0 atom stereocenters. The fourth-order valence-corrected chi connectivity index (χ4v) is 2.55. The predicted molar refractivity (Wildman–Crippen MR) is 96.7 cm³/mol. The van der Waals surface area contributed by atoms with E-state index in [2.05, 4.69) is 10.3 Å². The SMILES string of the molecule is CCOc1ccc(NC(=O)c2cc3ccccc3c(=O)[nH]2)cc1OC. The van der Waals surface area contributed by atoms with Gasteiger partial charge in [0.25, 0.3) is 11.5 Å². The van der Waals surface area contributed by atoms with Crippen molar-refractivity contribution in [3.8, 4) is 11.5 Å². The number of aromatic amines is 1. The van der Waals surface area contributed by atoms with Crippen LogP contribution in [0, 0.1) is 0 Å². The number of fused-ring (bicyclic) bond motifs is 1. The summed E-state index contributed by atoms with van der Waals surface area (Å²) in [6.07, 6.45) is 0. The van der Waals surface area contributed by atoms with Gasteiger partial charge in [-0.25, -0.2) is 0 Å². The quantitative estimate of drug-likeness (QED) is 0.749. The number of benzene rings is 2. The van der Waals surface area contributed by atoms with Crippen molar-refractivity contribution in [2.45, 2.75) is 6.92 Å². The van der Waals surface area contributed by atoms with E-state index in [-0.39, 0.29) is 11.3 Å². The molecule has 2 aromatic carbocycles. The van der Waals surface area contributed by atoms with Gasteiger partial charge in [0, 0.05) is 17.1 Å². The molecule has 3 rings (SSSR count). The minimum absolute atomic E-state index is 0.191. The number of carbonyl (C=O) groups excluding carboxylic acids is 1. The Kier molecular flexibility index (Phi) is 4.70. The summed E-state index contributed by atoms with van der Waals surface area (Å²) < 4.78 is 10.7. The first kappa shape index (κ1) is 16.6. The third-order valence-electron chi connectivity index (χ3n) is 3.72. The van der Waals surface area contributed by atoms with E-state index in [4.69, 9.17) is 9.47 Å². The average molecular weight is 338 g/mol. The minimum Gasteiger partial charge on any atom is -0.493 e. The molecule has 1 aromatic heterocycles. The van der Waals surface area contributed by atoms with E-state index < -0.39 is 5.91 Å². The van der Waals surface area contributed by atoms with Gasteiger partial charge in [0.2, 0.25) is 0 Å². The highest BCUT2D eigenvalue weighted by Crippen LogP contribution is 2.30. The fraction of sp³-hybridized carbons (Fsp3) is 0.158. The molecule has 0 radical (unpaired) electrons. The molecule has 0 fully saturated rings. The van der Waals surface area contributed by atoms with Crippen molar-refractivity contribution in [3.05, 3.63) is 64.6 Å². The first-order valence-corrected chi connectivity index (χ1v) is 7.86. The van der Waals surface area contributed by atoms with Crippen LogP contribution >= 0.6 is 0 Å². The molecule has 128 valence electrons. The number of hydrogen-bond donors (Lipinski definition) is 2. The van der Waals surface area contributed by atoms with Gasteiger partial charge in [-0.2, -0.15) is 0 Å². The van der Waals surface area contributed by atoms with Crippen LogP contribution in [0.3, 0.4) is 0 Å². The number of amides is 1. The maximum Gasteiger partial charge on any atom is 0.272 e. The van der Waals surface area contributed by atoms with Gasteiger partial charge in [-0.3, -0.25) is 9.59 Å². The molecular weight excluding hydrogens is 320 g/mol. The lowest BCUT2D eigenvalue weighted by Crippen LogP contribution is -2.19. The van der Waals surface area contributed by atoms with Gasteiger partial charge in [-0.15, -0.1) is 0 Å². The summed E-state index contributed by atoms with van der Waals surface area (Å²) in [6, 6.07) is 13.9. The molecular formula is C19H18N2O4. The number of methoxy groups -OCH3 is 1. The molecule has 25 heavy (non-hydrogen) atoms. The van der Waals surface area contributed by atoms with Crippen molar-refractivity contribution in [1.29, 1.82) is 0 Å². The van der Waals surface area contributed by atoms with Crippen molar-refractivity contribution in [2.75, 3.05) is 19.0 Å². The molecule has 0 aliphatic carbocycles. The summed E-state index contributed by atoms with van der Waals surface area (Å²) in [4.78, 5) is 27.2. The summed E-state index contributed by atoms with van der Waals surface area (Å²) in [5.74, 6) is 0.711. The molecule has 1 amide bonds. The Bertz CT molecular complexity index is 979. The van der Waals surface area contributed by atoms with Crippen molar-refractivity contribution < 1.29 is 14.3 Å². The van der Waals surface area contributed by atoms with Gasteiger partial charge >= 0.3 is 0 Å². The second-order valence-corrected chi connectivity index (χ2v) is 5.35. The second-order valence-electron chi connectivity index (χ2n) is 5.35. The van der Waals surface area contributed by atoms with Gasteiger partial charge in [-0.1, -0.05) is 18.2 Å². The molecule has 6 nitrogen and oxygen atoms in total. The molecule has 0 saturated heterocycles. The lowest BCUT2D eigenvalue weighted by molar-refractivity contribution is 0.102. The van der Waals surface area contributed by atoms with Crippen LogP contribution in [0.4, 0.5) is 5.69 Å². The Morgan fingerprint density at radius 1 is 1.12 bits per heavy atom. The van der Waals surface area contributed by atoms with Gasteiger partial charge in [-0.05, 0) is 36.6 Å². The van der Waals surface area contributed by atoms with Crippen LogP contribution < -0.4 is 20.3 Å². The van der Waals surface area contributed by atoms with Crippen molar-refractivity contribution in [1.82, 2.24) is 4.98 Å². The Balaban J connectivity index is 1.88. The molecule has 0 aliphatic rings. The summed E-state index contributed by atoms with van der Waals surface area (Å²) in [5.41, 5.74) is 0.434. The normalized spacial score (nSPS) is 10.5. The number of aromatic nitrogens is 1. The van der Waals surface area contributed by atoms with Crippen molar-refractivity contribution >= 4 is 22.4 Å². The second kappa shape index (κ2) is 7.09. The lowest BCUT2D eigenvalue weighted by atomic mass is 10.1. The lowest BCUT2D eigenvalue weighted by Gasteiger charge is -2.12. The van der Waals surface area contributed by atoms with E-state index in [9.17, 15) is 9.59 Å². The largest absolute Gasteiger partial charge is 0.493 e. The number of carbonyl (C=O) groups is 1. The number of anilines is 1. The maximum atomic E-state index is 12.5. The van der Waals surface area contributed by atoms with Gasteiger partial charge in [0.1, 0.15) is 5.69 Å². The average Bonchev–Trinajstić information content (AvgIpc) is 2.63.